The van der Waals surface area contributed by atoms with Crippen molar-refractivity contribution in [3.05, 3.63) is 27.8 Å². The third-order valence-corrected chi connectivity index (χ3v) is 3.85. The normalized spacial score (nSPS) is 14.7. The van der Waals surface area contributed by atoms with Crippen LogP contribution in [0.25, 0.3) is 0 Å². The molecule has 2 aromatic heterocycles. The maximum Gasteiger partial charge on any atom is 0.243 e. The first-order valence-electron chi connectivity index (χ1n) is 6.09. The Kier molecular flexibility index (Phi) is 4.08. The van der Waals surface area contributed by atoms with Crippen LogP contribution in [0.15, 0.2) is 9.90 Å². The molecule has 0 saturated carbocycles. The van der Waals surface area contributed by atoms with Gasteiger partial charge in [0, 0.05) is 5.38 Å². The average molecular weight is 266 g/mol. The lowest BCUT2D eigenvalue weighted by Gasteiger charge is -2.12. The van der Waals surface area contributed by atoms with Crippen LogP contribution in [0.5, 0.6) is 0 Å². The minimum absolute atomic E-state index is 0.187. The van der Waals surface area contributed by atoms with E-state index < -0.39 is 0 Å². The summed E-state index contributed by atoms with van der Waals surface area (Å²) in [6.07, 6.45) is 1.59. The van der Waals surface area contributed by atoms with Crippen LogP contribution in [0, 0.1) is 12.8 Å². The summed E-state index contributed by atoms with van der Waals surface area (Å²) in [5.41, 5.74) is 7.02. The van der Waals surface area contributed by atoms with Crippen LogP contribution in [-0.2, 0) is 6.42 Å². The number of nitrogens with zero attached hydrogens (tertiary/aromatic N) is 3. The predicted octanol–water partition coefficient (Wildman–Crippen LogP) is 2.47. The fourth-order valence-corrected chi connectivity index (χ4v) is 2.24. The summed E-state index contributed by atoms with van der Waals surface area (Å²) in [6.45, 7) is 6.16. The van der Waals surface area contributed by atoms with Crippen molar-refractivity contribution in [1.29, 1.82) is 0 Å². The molecule has 0 fully saturated rings. The summed E-state index contributed by atoms with van der Waals surface area (Å²) in [6, 6.07) is -0.187. The average Bonchev–Trinajstić information content (AvgIpc) is 2.97. The van der Waals surface area contributed by atoms with Crippen molar-refractivity contribution in [2.45, 2.75) is 39.7 Å². The van der Waals surface area contributed by atoms with Gasteiger partial charge in [-0.2, -0.15) is 4.98 Å². The highest BCUT2D eigenvalue weighted by Gasteiger charge is 2.20. The molecule has 2 aromatic rings. The van der Waals surface area contributed by atoms with Crippen molar-refractivity contribution in [2.24, 2.45) is 11.7 Å². The zero-order valence-electron chi connectivity index (χ0n) is 10.9. The summed E-state index contributed by atoms with van der Waals surface area (Å²) in [7, 11) is 0. The van der Waals surface area contributed by atoms with Crippen molar-refractivity contribution in [2.75, 3.05) is 0 Å². The molecule has 0 aliphatic carbocycles. The minimum atomic E-state index is -0.187. The number of aryl methyl sites for hydroxylation is 1. The lowest BCUT2D eigenvalue weighted by molar-refractivity contribution is 0.310. The van der Waals surface area contributed by atoms with Crippen LogP contribution in [0.4, 0.5) is 0 Å². The molecule has 0 radical (unpaired) electrons. The van der Waals surface area contributed by atoms with Crippen LogP contribution < -0.4 is 5.73 Å². The lowest BCUT2D eigenvalue weighted by atomic mass is 10.0. The molecule has 98 valence electrons. The van der Waals surface area contributed by atoms with E-state index in [4.69, 9.17) is 10.3 Å². The Morgan fingerprint density at radius 1 is 1.44 bits per heavy atom. The van der Waals surface area contributed by atoms with Crippen molar-refractivity contribution in [3.8, 4) is 0 Å². The van der Waals surface area contributed by atoms with Crippen LogP contribution in [-0.4, -0.2) is 15.1 Å². The van der Waals surface area contributed by atoms with E-state index in [1.807, 2.05) is 12.3 Å². The van der Waals surface area contributed by atoms with Gasteiger partial charge in [0.15, 0.2) is 5.82 Å². The molecule has 0 bridgehead atoms. The van der Waals surface area contributed by atoms with Gasteiger partial charge in [-0.25, -0.2) is 4.98 Å². The SMILES string of the molecule is CC[C@H](C)[C@H](N)c1nc(Cc2csc(C)n2)no1. The van der Waals surface area contributed by atoms with Crippen LogP contribution in [0.1, 0.15) is 48.7 Å². The molecule has 6 heteroatoms. The molecule has 0 aromatic carbocycles. The Balaban J connectivity index is 2.06. The van der Waals surface area contributed by atoms with Gasteiger partial charge >= 0.3 is 0 Å². The van der Waals surface area contributed by atoms with Gasteiger partial charge in [0.25, 0.3) is 0 Å². The highest BCUT2D eigenvalue weighted by atomic mass is 32.1. The van der Waals surface area contributed by atoms with Crippen LogP contribution in [0.2, 0.25) is 0 Å². The zero-order valence-corrected chi connectivity index (χ0v) is 11.7. The number of hydrogen-bond donors (Lipinski definition) is 1. The van der Waals surface area contributed by atoms with Gasteiger partial charge in [-0.1, -0.05) is 25.4 Å². The quantitative estimate of drug-likeness (QED) is 0.899. The summed E-state index contributed by atoms with van der Waals surface area (Å²) >= 11 is 1.62. The Bertz CT molecular complexity index is 508. The maximum atomic E-state index is 6.05. The van der Waals surface area contributed by atoms with Crippen molar-refractivity contribution >= 4 is 11.3 Å². The van der Waals surface area contributed by atoms with E-state index in [0.29, 0.717) is 24.1 Å². The molecule has 0 aliphatic heterocycles. The van der Waals surface area contributed by atoms with Gasteiger partial charge in [0.2, 0.25) is 5.89 Å². The fraction of sp³-hybridized carbons (Fsp3) is 0.583. The largest absolute Gasteiger partial charge is 0.338 e. The molecule has 2 heterocycles. The number of hydrogen-bond acceptors (Lipinski definition) is 6. The van der Waals surface area contributed by atoms with E-state index in [1.54, 1.807) is 11.3 Å². The van der Waals surface area contributed by atoms with E-state index in [2.05, 4.69) is 29.0 Å². The standard InChI is InChI=1S/C12H18N4OS/c1-4-7(2)11(13)12-15-10(16-17-12)5-9-6-18-8(3)14-9/h6-7,11H,4-5,13H2,1-3H3/t7-,11-/m0/s1. The molecule has 0 spiro atoms. The molecule has 0 saturated heterocycles. The fourth-order valence-electron chi connectivity index (χ4n) is 1.62. The predicted molar refractivity (Wildman–Crippen MR) is 70.3 cm³/mol. The number of rotatable bonds is 5. The van der Waals surface area contributed by atoms with Crippen molar-refractivity contribution in [3.63, 3.8) is 0 Å². The monoisotopic (exact) mass is 266 g/mol. The summed E-state index contributed by atoms with van der Waals surface area (Å²) in [5, 5.41) is 7.02. The number of aromatic nitrogens is 3. The Morgan fingerprint density at radius 3 is 2.83 bits per heavy atom. The topological polar surface area (TPSA) is 77.8 Å². The number of thiazole rings is 1. The number of nitrogens with two attached hydrogens (primary N) is 1. The zero-order chi connectivity index (χ0) is 13.1. The van der Waals surface area contributed by atoms with Gasteiger partial charge in [0.05, 0.1) is 23.2 Å². The highest BCUT2D eigenvalue weighted by Crippen LogP contribution is 2.20. The van der Waals surface area contributed by atoms with E-state index >= 15 is 0 Å². The summed E-state index contributed by atoms with van der Waals surface area (Å²) in [5.74, 6) is 1.50. The summed E-state index contributed by atoms with van der Waals surface area (Å²) < 4.78 is 5.22. The third kappa shape index (κ3) is 2.94. The first-order chi connectivity index (χ1) is 8.60. The first-order valence-corrected chi connectivity index (χ1v) is 6.97. The Morgan fingerprint density at radius 2 is 2.22 bits per heavy atom. The second-order valence-corrected chi connectivity index (χ2v) is 5.56. The van der Waals surface area contributed by atoms with Gasteiger partial charge in [-0.05, 0) is 12.8 Å². The molecule has 2 atom stereocenters. The first kappa shape index (κ1) is 13.2. The second-order valence-electron chi connectivity index (χ2n) is 4.49. The molecule has 18 heavy (non-hydrogen) atoms. The van der Waals surface area contributed by atoms with Gasteiger partial charge in [-0.3, -0.25) is 0 Å². The van der Waals surface area contributed by atoms with Crippen molar-refractivity contribution < 1.29 is 4.52 Å². The van der Waals surface area contributed by atoms with Crippen LogP contribution >= 0.6 is 11.3 Å². The molecular weight excluding hydrogens is 248 g/mol. The minimum Gasteiger partial charge on any atom is -0.338 e. The molecule has 0 aliphatic rings. The lowest BCUT2D eigenvalue weighted by Crippen LogP contribution is -2.18. The molecule has 0 amide bonds. The van der Waals surface area contributed by atoms with E-state index in [1.165, 1.54) is 0 Å². The van der Waals surface area contributed by atoms with Gasteiger partial charge in [0.1, 0.15) is 0 Å². The third-order valence-electron chi connectivity index (χ3n) is 3.03. The van der Waals surface area contributed by atoms with Crippen molar-refractivity contribution in [1.82, 2.24) is 15.1 Å². The van der Waals surface area contributed by atoms with E-state index in [9.17, 15) is 0 Å². The molecule has 5 nitrogen and oxygen atoms in total. The molecular formula is C12H18N4OS. The van der Waals surface area contributed by atoms with E-state index in [0.717, 1.165) is 17.1 Å². The highest BCUT2D eigenvalue weighted by molar-refractivity contribution is 7.09. The molecule has 2 N–H and O–H groups in total. The van der Waals surface area contributed by atoms with E-state index in [-0.39, 0.29) is 6.04 Å². The van der Waals surface area contributed by atoms with Gasteiger partial charge in [-0.15, -0.1) is 11.3 Å². The smallest absolute Gasteiger partial charge is 0.243 e. The Labute approximate surface area is 110 Å². The molecule has 0 unspecified atom stereocenters. The van der Waals surface area contributed by atoms with Gasteiger partial charge < -0.3 is 10.3 Å². The second kappa shape index (κ2) is 5.58. The summed E-state index contributed by atoms with van der Waals surface area (Å²) in [4.78, 5) is 8.72. The molecule has 2 rings (SSSR count). The Hall–Kier alpha value is -1.27. The van der Waals surface area contributed by atoms with Crippen LogP contribution in [0.3, 0.4) is 0 Å². The maximum absolute atomic E-state index is 6.05.